The lowest BCUT2D eigenvalue weighted by atomic mass is 10.0. The molecule has 0 atom stereocenters. The summed E-state index contributed by atoms with van der Waals surface area (Å²) in [5.41, 5.74) is 4.85. The molecule has 1 N–H and O–H groups in total. The van der Waals surface area contributed by atoms with Gasteiger partial charge in [0.2, 0.25) is 5.91 Å². The third-order valence-corrected chi connectivity index (χ3v) is 7.87. The Morgan fingerprint density at radius 2 is 1.70 bits per heavy atom. The molecular weight excluding hydrogens is 570 g/mol. The fourth-order valence-electron chi connectivity index (χ4n) is 4.51. The molecule has 1 aromatic heterocycles. The van der Waals surface area contributed by atoms with Gasteiger partial charge in [-0.15, -0.1) is 11.8 Å². The third-order valence-electron chi connectivity index (χ3n) is 6.82. The second kappa shape index (κ2) is 18.0. The largest absolute Gasteiger partial charge is 0.493 e. The number of unbranched alkanes of at least 4 members (excludes halogenated alkanes) is 1. The van der Waals surface area contributed by atoms with Crippen molar-refractivity contribution in [2.75, 3.05) is 31.7 Å². The van der Waals surface area contributed by atoms with Crippen molar-refractivity contribution in [3.05, 3.63) is 96.6 Å². The highest BCUT2D eigenvalue weighted by Gasteiger charge is 2.08. The summed E-state index contributed by atoms with van der Waals surface area (Å²) in [6, 6.07) is 21.9. The molecule has 0 saturated carbocycles. The number of nitrogens with zero attached hydrogens (tertiary/aromatic N) is 2. The number of carbonyl (C=O) groups excluding carboxylic acids is 1. The van der Waals surface area contributed by atoms with Crippen molar-refractivity contribution in [3.63, 3.8) is 0 Å². The SMILES string of the molecule is CCCCOCCOc1ccc(-c2ccc(OCC)c(/C=C/C(=O)Nc3ccc(SCc4cncn4CCC)cc3)c2)cc1. The number of nitrogens with one attached hydrogen (secondary N) is 1. The Balaban J connectivity index is 1.33. The number of aromatic nitrogens is 2. The Bertz CT molecular complexity index is 1470. The van der Waals surface area contributed by atoms with E-state index in [0.717, 1.165) is 76.9 Å². The highest BCUT2D eigenvalue weighted by molar-refractivity contribution is 7.98. The van der Waals surface area contributed by atoms with Crippen molar-refractivity contribution >= 4 is 29.4 Å². The van der Waals surface area contributed by atoms with Gasteiger partial charge in [-0.1, -0.05) is 38.5 Å². The highest BCUT2D eigenvalue weighted by Crippen LogP contribution is 2.29. The molecule has 1 amide bonds. The Morgan fingerprint density at radius 1 is 0.909 bits per heavy atom. The molecule has 7 nitrogen and oxygen atoms in total. The number of aryl methyl sites for hydroxylation is 1. The topological polar surface area (TPSA) is 74.6 Å². The molecule has 0 aliphatic carbocycles. The average molecular weight is 614 g/mol. The molecule has 4 aromatic rings. The molecular formula is C36H43N3O4S. The van der Waals surface area contributed by atoms with E-state index in [9.17, 15) is 4.79 Å². The van der Waals surface area contributed by atoms with Crippen LogP contribution >= 0.6 is 11.8 Å². The normalized spacial score (nSPS) is 11.2. The summed E-state index contributed by atoms with van der Waals surface area (Å²) in [4.78, 5) is 18.2. The summed E-state index contributed by atoms with van der Waals surface area (Å²) in [6.45, 7) is 9.65. The summed E-state index contributed by atoms with van der Waals surface area (Å²) in [6.07, 6.45) is 10.4. The maximum Gasteiger partial charge on any atom is 0.248 e. The van der Waals surface area contributed by atoms with Gasteiger partial charge in [0.15, 0.2) is 0 Å². The minimum atomic E-state index is -0.207. The van der Waals surface area contributed by atoms with Crippen molar-refractivity contribution in [2.45, 2.75) is 57.2 Å². The monoisotopic (exact) mass is 613 g/mol. The van der Waals surface area contributed by atoms with Gasteiger partial charge in [0.1, 0.15) is 18.1 Å². The fraction of sp³-hybridized carbons (Fsp3) is 0.333. The standard InChI is InChI=1S/C36H43N3O4S/c1-4-7-21-41-22-23-43-33-14-8-28(9-15-33)29-10-18-35(42-6-3)30(24-29)11-19-36(40)38-31-12-16-34(17-13-31)44-26-32-25-37-27-39(32)20-5-2/h8-19,24-25,27H,4-7,20-23,26H2,1-3H3,(H,38,40)/b19-11+. The molecule has 0 fully saturated rings. The van der Waals surface area contributed by atoms with E-state index in [2.05, 4.69) is 28.7 Å². The highest BCUT2D eigenvalue weighted by atomic mass is 32.2. The lowest BCUT2D eigenvalue weighted by molar-refractivity contribution is -0.111. The van der Waals surface area contributed by atoms with Crippen LogP contribution in [0.4, 0.5) is 5.69 Å². The van der Waals surface area contributed by atoms with Crippen molar-refractivity contribution in [1.29, 1.82) is 0 Å². The van der Waals surface area contributed by atoms with Crippen LogP contribution in [0.3, 0.4) is 0 Å². The summed E-state index contributed by atoms with van der Waals surface area (Å²) >= 11 is 1.75. The van der Waals surface area contributed by atoms with E-state index in [4.69, 9.17) is 14.2 Å². The zero-order chi connectivity index (χ0) is 31.0. The molecule has 8 heteroatoms. The second-order valence-corrected chi connectivity index (χ2v) is 11.3. The maximum absolute atomic E-state index is 12.8. The lowest BCUT2D eigenvalue weighted by Crippen LogP contribution is -2.07. The minimum Gasteiger partial charge on any atom is -0.493 e. The number of thioether (sulfide) groups is 1. The molecule has 0 unspecified atom stereocenters. The van der Waals surface area contributed by atoms with Crippen LogP contribution in [0.25, 0.3) is 17.2 Å². The van der Waals surface area contributed by atoms with Crippen molar-refractivity contribution in [2.24, 2.45) is 0 Å². The molecule has 4 rings (SSSR count). The Kier molecular flexibility index (Phi) is 13.4. The van der Waals surface area contributed by atoms with Crippen molar-refractivity contribution < 1.29 is 19.0 Å². The van der Waals surface area contributed by atoms with Crippen LogP contribution in [0.2, 0.25) is 0 Å². The maximum atomic E-state index is 12.8. The Morgan fingerprint density at radius 3 is 2.45 bits per heavy atom. The molecule has 0 saturated heterocycles. The van der Waals surface area contributed by atoms with Gasteiger partial charge < -0.3 is 24.1 Å². The number of ether oxygens (including phenoxy) is 3. The van der Waals surface area contributed by atoms with Gasteiger partial charge in [0.25, 0.3) is 0 Å². The predicted octanol–water partition coefficient (Wildman–Crippen LogP) is 8.50. The van der Waals surface area contributed by atoms with E-state index >= 15 is 0 Å². The smallest absolute Gasteiger partial charge is 0.248 e. The molecule has 3 aromatic carbocycles. The molecule has 0 radical (unpaired) electrons. The number of amides is 1. The molecule has 0 aliphatic heterocycles. The first-order valence-electron chi connectivity index (χ1n) is 15.4. The van der Waals surface area contributed by atoms with E-state index in [1.54, 1.807) is 23.9 Å². The fourth-order valence-corrected chi connectivity index (χ4v) is 5.39. The number of rotatable bonds is 18. The predicted molar refractivity (Wildman–Crippen MR) is 180 cm³/mol. The van der Waals surface area contributed by atoms with Crippen LogP contribution in [-0.4, -0.2) is 41.9 Å². The Labute approximate surface area is 265 Å². The summed E-state index contributed by atoms with van der Waals surface area (Å²) < 4.78 is 19.4. The summed E-state index contributed by atoms with van der Waals surface area (Å²) in [5, 5.41) is 2.96. The average Bonchev–Trinajstić information content (AvgIpc) is 3.49. The number of hydrogen-bond donors (Lipinski definition) is 1. The van der Waals surface area contributed by atoms with E-state index in [-0.39, 0.29) is 5.91 Å². The van der Waals surface area contributed by atoms with E-state index in [1.807, 2.05) is 86.2 Å². The Hall–Kier alpha value is -4.01. The van der Waals surface area contributed by atoms with Crippen LogP contribution in [0.15, 0.2) is 90.2 Å². The second-order valence-electron chi connectivity index (χ2n) is 10.2. The quantitative estimate of drug-likeness (QED) is 0.0689. The van der Waals surface area contributed by atoms with Gasteiger partial charge in [0.05, 0.1) is 19.5 Å². The zero-order valence-corrected chi connectivity index (χ0v) is 26.8. The molecule has 0 bridgehead atoms. The number of anilines is 1. The first kappa shape index (κ1) is 32.9. The van der Waals surface area contributed by atoms with Crippen LogP contribution in [-0.2, 0) is 21.8 Å². The number of hydrogen-bond acceptors (Lipinski definition) is 6. The number of benzene rings is 3. The van der Waals surface area contributed by atoms with Crippen molar-refractivity contribution in [3.8, 4) is 22.6 Å². The first-order valence-corrected chi connectivity index (χ1v) is 16.4. The zero-order valence-electron chi connectivity index (χ0n) is 26.0. The molecule has 1 heterocycles. The minimum absolute atomic E-state index is 0.207. The molecule has 44 heavy (non-hydrogen) atoms. The van der Waals surface area contributed by atoms with Gasteiger partial charge in [-0.2, -0.15) is 0 Å². The van der Waals surface area contributed by atoms with Crippen molar-refractivity contribution in [1.82, 2.24) is 9.55 Å². The van der Waals surface area contributed by atoms with Crippen LogP contribution in [0, 0.1) is 0 Å². The van der Waals surface area contributed by atoms with Crippen LogP contribution in [0.5, 0.6) is 11.5 Å². The van der Waals surface area contributed by atoms with Gasteiger partial charge in [-0.05, 0) is 85.5 Å². The van der Waals surface area contributed by atoms with E-state index in [1.165, 1.54) is 5.69 Å². The third kappa shape index (κ3) is 10.3. The van der Waals surface area contributed by atoms with Gasteiger partial charge >= 0.3 is 0 Å². The lowest BCUT2D eigenvalue weighted by Gasteiger charge is -2.11. The molecule has 0 spiro atoms. The summed E-state index contributed by atoms with van der Waals surface area (Å²) in [5.74, 6) is 2.18. The van der Waals surface area contributed by atoms with Gasteiger partial charge in [-0.25, -0.2) is 4.98 Å². The van der Waals surface area contributed by atoms with Gasteiger partial charge in [0, 0.05) is 53.0 Å². The molecule has 0 aliphatic rings. The summed E-state index contributed by atoms with van der Waals surface area (Å²) in [7, 11) is 0. The number of carbonyl (C=O) groups is 1. The molecule has 232 valence electrons. The van der Waals surface area contributed by atoms with Gasteiger partial charge in [-0.3, -0.25) is 4.79 Å². The van der Waals surface area contributed by atoms with Crippen LogP contribution in [0.1, 0.15) is 51.3 Å². The number of imidazole rings is 1. The van der Waals surface area contributed by atoms with E-state index < -0.39 is 0 Å². The van der Waals surface area contributed by atoms with Crippen LogP contribution < -0.4 is 14.8 Å². The van der Waals surface area contributed by atoms with E-state index in [0.29, 0.717) is 19.8 Å². The first-order chi connectivity index (χ1) is 21.6.